The van der Waals surface area contributed by atoms with Crippen molar-refractivity contribution in [1.82, 2.24) is 0 Å². The molecule has 6 heteroatoms. The summed E-state index contributed by atoms with van der Waals surface area (Å²) in [6.45, 7) is 3.72. The molecule has 7 N–H and O–H groups in total. The lowest BCUT2D eigenvalue weighted by atomic mass is 10.0. The first kappa shape index (κ1) is 13.8. The zero-order valence-corrected chi connectivity index (χ0v) is 10.4. The van der Waals surface area contributed by atoms with Gasteiger partial charge in [0.15, 0.2) is 0 Å². The molecule has 18 heavy (non-hydrogen) atoms. The molecule has 0 fully saturated rings. The van der Waals surface area contributed by atoms with Crippen molar-refractivity contribution in [2.45, 2.75) is 19.9 Å². The summed E-state index contributed by atoms with van der Waals surface area (Å²) in [5.74, 6) is -1.04. The van der Waals surface area contributed by atoms with Crippen LogP contribution in [0.3, 0.4) is 0 Å². The highest BCUT2D eigenvalue weighted by molar-refractivity contribution is 5.95. The number of nitrogens with one attached hydrogen (secondary N) is 1. The van der Waals surface area contributed by atoms with Crippen LogP contribution in [0.4, 0.5) is 11.4 Å². The zero-order chi connectivity index (χ0) is 13.9. The SMILES string of the molecule is CC(C)C(Nc1cc(C(N)=O)ccc1N)C(N)=O. The Hall–Kier alpha value is -2.24. The van der Waals surface area contributed by atoms with E-state index in [9.17, 15) is 9.59 Å². The van der Waals surface area contributed by atoms with E-state index >= 15 is 0 Å². The van der Waals surface area contributed by atoms with Crippen molar-refractivity contribution in [3.8, 4) is 0 Å². The average Bonchev–Trinajstić information content (AvgIpc) is 2.26. The molecule has 0 bridgehead atoms. The normalized spacial score (nSPS) is 12.2. The van der Waals surface area contributed by atoms with Gasteiger partial charge in [0.05, 0.1) is 11.4 Å². The Bertz CT molecular complexity index is 471. The number of anilines is 2. The predicted octanol–water partition coefficient (Wildman–Crippen LogP) is 0.290. The lowest BCUT2D eigenvalue weighted by Crippen LogP contribution is -2.39. The minimum atomic E-state index is -0.560. The fraction of sp³-hybridized carbons (Fsp3) is 0.333. The Kier molecular flexibility index (Phi) is 4.14. The van der Waals surface area contributed by atoms with Crippen molar-refractivity contribution in [2.24, 2.45) is 17.4 Å². The summed E-state index contributed by atoms with van der Waals surface area (Å²) >= 11 is 0. The Balaban J connectivity index is 3.05. The molecule has 0 saturated carbocycles. The number of rotatable bonds is 5. The standard InChI is InChI=1S/C12H18N4O2/c1-6(2)10(12(15)18)16-9-5-7(11(14)17)3-4-8(9)13/h3-6,10,16H,13H2,1-2H3,(H2,14,17)(H2,15,18). The number of carbonyl (C=O) groups is 2. The first-order valence-electron chi connectivity index (χ1n) is 5.58. The predicted molar refractivity (Wildman–Crippen MR) is 70.8 cm³/mol. The highest BCUT2D eigenvalue weighted by Crippen LogP contribution is 2.22. The van der Waals surface area contributed by atoms with Crippen LogP contribution >= 0.6 is 0 Å². The molecule has 6 nitrogen and oxygen atoms in total. The first-order valence-corrected chi connectivity index (χ1v) is 5.58. The molecule has 1 aromatic carbocycles. The summed E-state index contributed by atoms with van der Waals surface area (Å²) < 4.78 is 0. The molecule has 1 rings (SSSR count). The van der Waals surface area contributed by atoms with Crippen molar-refractivity contribution in [3.05, 3.63) is 23.8 Å². The lowest BCUT2D eigenvalue weighted by molar-refractivity contribution is -0.119. The fourth-order valence-electron chi connectivity index (χ4n) is 1.57. The van der Waals surface area contributed by atoms with E-state index in [0.29, 0.717) is 16.9 Å². The average molecular weight is 250 g/mol. The summed E-state index contributed by atoms with van der Waals surface area (Å²) in [5.41, 5.74) is 17.5. The van der Waals surface area contributed by atoms with E-state index in [1.807, 2.05) is 13.8 Å². The van der Waals surface area contributed by atoms with E-state index in [1.165, 1.54) is 12.1 Å². The highest BCUT2D eigenvalue weighted by atomic mass is 16.1. The smallest absolute Gasteiger partial charge is 0.248 e. The molecular formula is C12H18N4O2. The number of nitrogen functional groups attached to an aromatic ring is 1. The van der Waals surface area contributed by atoms with Crippen LogP contribution in [0.1, 0.15) is 24.2 Å². The van der Waals surface area contributed by atoms with Gasteiger partial charge < -0.3 is 22.5 Å². The number of hydrogen-bond acceptors (Lipinski definition) is 4. The molecular weight excluding hydrogens is 232 g/mol. The molecule has 0 spiro atoms. The van der Waals surface area contributed by atoms with Crippen LogP contribution in [-0.2, 0) is 4.79 Å². The van der Waals surface area contributed by atoms with Gasteiger partial charge in [-0.15, -0.1) is 0 Å². The van der Waals surface area contributed by atoms with Gasteiger partial charge in [0.2, 0.25) is 11.8 Å². The topological polar surface area (TPSA) is 124 Å². The minimum Gasteiger partial charge on any atom is -0.397 e. The van der Waals surface area contributed by atoms with Crippen LogP contribution < -0.4 is 22.5 Å². The second-order valence-corrected chi connectivity index (χ2v) is 4.43. The summed E-state index contributed by atoms with van der Waals surface area (Å²) in [6, 6.07) is 4.03. The second-order valence-electron chi connectivity index (χ2n) is 4.43. The zero-order valence-electron chi connectivity index (χ0n) is 10.4. The molecule has 1 unspecified atom stereocenters. The molecule has 0 heterocycles. The number of amides is 2. The summed E-state index contributed by atoms with van der Waals surface area (Å²) in [5, 5.41) is 2.93. The van der Waals surface area contributed by atoms with Gasteiger partial charge in [-0.1, -0.05) is 13.8 Å². The quantitative estimate of drug-likeness (QED) is 0.560. The van der Waals surface area contributed by atoms with Gasteiger partial charge in [-0.05, 0) is 24.1 Å². The molecule has 98 valence electrons. The van der Waals surface area contributed by atoms with Gasteiger partial charge in [-0.3, -0.25) is 9.59 Å². The van der Waals surface area contributed by atoms with Gasteiger partial charge in [0.25, 0.3) is 0 Å². The Morgan fingerprint density at radius 3 is 2.28 bits per heavy atom. The van der Waals surface area contributed by atoms with Gasteiger partial charge >= 0.3 is 0 Å². The molecule has 0 aromatic heterocycles. The summed E-state index contributed by atoms with van der Waals surface area (Å²) in [4.78, 5) is 22.4. The number of hydrogen-bond donors (Lipinski definition) is 4. The van der Waals surface area contributed by atoms with Gasteiger partial charge in [0, 0.05) is 5.56 Å². The maximum absolute atomic E-state index is 11.3. The van der Waals surface area contributed by atoms with E-state index in [1.54, 1.807) is 6.07 Å². The molecule has 0 radical (unpaired) electrons. The molecule has 0 aliphatic heterocycles. The van der Waals surface area contributed by atoms with E-state index in [2.05, 4.69) is 5.32 Å². The van der Waals surface area contributed by atoms with E-state index in [0.717, 1.165) is 0 Å². The van der Waals surface area contributed by atoms with Crippen LogP contribution in [0, 0.1) is 5.92 Å². The van der Waals surface area contributed by atoms with Gasteiger partial charge in [-0.25, -0.2) is 0 Å². The molecule has 2 amide bonds. The van der Waals surface area contributed by atoms with Crippen LogP contribution in [-0.4, -0.2) is 17.9 Å². The first-order chi connectivity index (χ1) is 8.32. The second kappa shape index (κ2) is 5.39. The molecule has 0 aliphatic carbocycles. The monoisotopic (exact) mass is 250 g/mol. The van der Waals surface area contributed by atoms with E-state index < -0.39 is 17.9 Å². The van der Waals surface area contributed by atoms with Gasteiger partial charge in [-0.2, -0.15) is 0 Å². The summed E-state index contributed by atoms with van der Waals surface area (Å²) in [7, 11) is 0. The van der Waals surface area contributed by atoms with Crippen LogP contribution in [0.5, 0.6) is 0 Å². The summed E-state index contributed by atoms with van der Waals surface area (Å²) in [6.07, 6.45) is 0. The van der Waals surface area contributed by atoms with Crippen LogP contribution in [0.15, 0.2) is 18.2 Å². The van der Waals surface area contributed by atoms with Crippen LogP contribution in [0.25, 0.3) is 0 Å². The van der Waals surface area contributed by atoms with Crippen molar-refractivity contribution >= 4 is 23.2 Å². The number of primary amides is 2. The van der Waals surface area contributed by atoms with Crippen molar-refractivity contribution in [3.63, 3.8) is 0 Å². The molecule has 0 aliphatic rings. The minimum absolute atomic E-state index is 0.000802. The van der Waals surface area contributed by atoms with Crippen molar-refractivity contribution < 1.29 is 9.59 Å². The maximum atomic E-state index is 11.3. The maximum Gasteiger partial charge on any atom is 0.248 e. The third-order valence-corrected chi connectivity index (χ3v) is 2.62. The number of carbonyl (C=O) groups excluding carboxylic acids is 2. The number of benzene rings is 1. The highest BCUT2D eigenvalue weighted by Gasteiger charge is 2.20. The van der Waals surface area contributed by atoms with E-state index in [4.69, 9.17) is 17.2 Å². The fourth-order valence-corrected chi connectivity index (χ4v) is 1.57. The number of nitrogens with two attached hydrogens (primary N) is 3. The third-order valence-electron chi connectivity index (χ3n) is 2.62. The molecule has 0 saturated heterocycles. The Morgan fingerprint density at radius 2 is 1.83 bits per heavy atom. The third kappa shape index (κ3) is 3.13. The van der Waals surface area contributed by atoms with Crippen LogP contribution in [0.2, 0.25) is 0 Å². The van der Waals surface area contributed by atoms with Crippen molar-refractivity contribution in [2.75, 3.05) is 11.1 Å². The van der Waals surface area contributed by atoms with Crippen molar-refractivity contribution in [1.29, 1.82) is 0 Å². The molecule has 1 atom stereocenters. The Morgan fingerprint density at radius 1 is 1.22 bits per heavy atom. The van der Waals surface area contributed by atoms with E-state index in [-0.39, 0.29) is 5.92 Å². The molecule has 1 aromatic rings. The lowest BCUT2D eigenvalue weighted by Gasteiger charge is -2.21. The van der Waals surface area contributed by atoms with Gasteiger partial charge in [0.1, 0.15) is 6.04 Å². The largest absolute Gasteiger partial charge is 0.397 e. The Labute approximate surface area is 106 Å².